The lowest BCUT2D eigenvalue weighted by atomic mass is 10.1. The maximum absolute atomic E-state index is 8.76. The van der Waals surface area contributed by atoms with Crippen LogP contribution in [0.1, 0.15) is 16.3 Å². The van der Waals surface area contributed by atoms with E-state index in [0.717, 1.165) is 40.3 Å². The summed E-state index contributed by atoms with van der Waals surface area (Å²) >= 11 is 1.64. The molecule has 0 unspecified atom stereocenters. The molecule has 20 heavy (non-hydrogen) atoms. The fraction of sp³-hybridized carbons (Fsp3) is 0.267. The van der Waals surface area contributed by atoms with E-state index in [1.165, 1.54) is 0 Å². The summed E-state index contributed by atoms with van der Waals surface area (Å²) in [6, 6.07) is 8.27. The van der Waals surface area contributed by atoms with E-state index in [1.807, 2.05) is 17.6 Å². The molecular weight excluding hydrogens is 272 g/mol. The third kappa shape index (κ3) is 3.07. The van der Waals surface area contributed by atoms with Gasteiger partial charge in [0.15, 0.2) is 0 Å². The van der Waals surface area contributed by atoms with Gasteiger partial charge in [0.2, 0.25) is 0 Å². The van der Waals surface area contributed by atoms with Crippen molar-refractivity contribution in [3.05, 3.63) is 52.2 Å². The molecule has 0 saturated heterocycles. The molecule has 0 aliphatic heterocycles. The number of aliphatic hydroxyl groups excluding tert-OH is 1. The van der Waals surface area contributed by atoms with E-state index < -0.39 is 0 Å². The van der Waals surface area contributed by atoms with Gasteiger partial charge in [-0.15, -0.1) is 11.3 Å². The van der Waals surface area contributed by atoms with Crippen molar-refractivity contribution in [1.29, 1.82) is 0 Å². The Bertz CT molecular complexity index is 676. The number of aliphatic hydroxyl groups is 1. The van der Waals surface area contributed by atoms with Gasteiger partial charge in [0.25, 0.3) is 0 Å². The lowest BCUT2D eigenvalue weighted by Crippen LogP contribution is -2.17. The fourth-order valence-corrected chi connectivity index (χ4v) is 2.75. The number of rotatable bonds is 6. The van der Waals surface area contributed by atoms with Gasteiger partial charge in [0.05, 0.1) is 18.0 Å². The van der Waals surface area contributed by atoms with Crippen LogP contribution in [0.15, 0.2) is 40.3 Å². The summed E-state index contributed by atoms with van der Waals surface area (Å²) in [5.41, 5.74) is 2.06. The number of hydrogen-bond acceptors (Lipinski definition) is 5. The zero-order valence-corrected chi connectivity index (χ0v) is 11.8. The number of furan rings is 1. The number of hydrogen-bond donors (Lipinski definition) is 2. The predicted octanol–water partition coefficient (Wildman–Crippen LogP) is 2.56. The number of aromatic nitrogens is 1. The highest BCUT2D eigenvalue weighted by Crippen LogP contribution is 2.23. The number of fused-ring (bicyclic) bond motifs is 1. The van der Waals surface area contributed by atoms with Crippen LogP contribution in [0, 0.1) is 0 Å². The van der Waals surface area contributed by atoms with Gasteiger partial charge in [0.1, 0.15) is 11.3 Å². The Morgan fingerprint density at radius 2 is 2.25 bits per heavy atom. The van der Waals surface area contributed by atoms with Gasteiger partial charge < -0.3 is 14.8 Å². The van der Waals surface area contributed by atoms with Crippen molar-refractivity contribution in [3.63, 3.8) is 0 Å². The molecule has 2 aromatic heterocycles. The Balaban J connectivity index is 1.76. The summed E-state index contributed by atoms with van der Waals surface area (Å²) in [7, 11) is 0. The van der Waals surface area contributed by atoms with Gasteiger partial charge in [-0.1, -0.05) is 12.1 Å². The summed E-state index contributed by atoms with van der Waals surface area (Å²) in [6.07, 6.45) is 2.55. The van der Waals surface area contributed by atoms with Crippen LogP contribution in [0.3, 0.4) is 0 Å². The maximum atomic E-state index is 8.76. The summed E-state index contributed by atoms with van der Waals surface area (Å²) in [5.74, 6) is 0.940. The molecule has 0 atom stereocenters. The van der Waals surface area contributed by atoms with Crippen molar-refractivity contribution >= 4 is 22.3 Å². The summed E-state index contributed by atoms with van der Waals surface area (Å²) in [4.78, 5) is 4.27. The number of nitrogens with one attached hydrogen (secondary N) is 1. The molecule has 0 bridgehead atoms. The molecule has 0 aliphatic rings. The quantitative estimate of drug-likeness (QED) is 0.684. The molecule has 0 amide bonds. The topological polar surface area (TPSA) is 58.3 Å². The van der Waals surface area contributed by atoms with Crippen LogP contribution in [0.5, 0.6) is 0 Å². The molecule has 0 saturated carbocycles. The molecule has 2 N–H and O–H groups in total. The van der Waals surface area contributed by atoms with E-state index in [0.29, 0.717) is 6.54 Å². The minimum absolute atomic E-state index is 0.154. The van der Waals surface area contributed by atoms with Crippen molar-refractivity contribution in [1.82, 2.24) is 10.3 Å². The van der Waals surface area contributed by atoms with Gasteiger partial charge in [-0.3, -0.25) is 0 Å². The molecule has 4 nitrogen and oxygen atoms in total. The van der Waals surface area contributed by atoms with Crippen LogP contribution >= 0.6 is 11.3 Å². The van der Waals surface area contributed by atoms with Crippen LogP contribution in [0.25, 0.3) is 11.0 Å². The zero-order chi connectivity index (χ0) is 13.8. The summed E-state index contributed by atoms with van der Waals surface area (Å²) in [5, 5.41) is 16.1. The second-order valence-corrected chi connectivity index (χ2v) is 5.57. The highest BCUT2D eigenvalue weighted by atomic mass is 32.1. The first-order valence-electron chi connectivity index (χ1n) is 6.56. The van der Waals surface area contributed by atoms with Crippen molar-refractivity contribution in [2.45, 2.75) is 13.0 Å². The largest absolute Gasteiger partial charge is 0.461 e. The Kier molecular flexibility index (Phi) is 4.11. The molecule has 5 heteroatoms. The summed E-state index contributed by atoms with van der Waals surface area (Å²) in [6.45, 7) is 1.49. The van der Waals surface area contributed by atoms with Crippen LogP contribution < -0.4 is 5.32 Å². The molecule has 0 fully saturated rings. The standard InChI is InChI=1S/C15H16N2O2S/c18-5-3-16-10-11-1-2-12-8-13(19-14(12)7-11)9-15-17-4-6-20-15/h1-2,4,6-8,16,18H,3,5,9-10H2. The van der Waals surface area contributed by atoms with Crippen molar-refractivity contribution in [2.75, 3.05) is 13.2 Å². The van der Waals surface area contributed by atoms with Gasteiger partial charge in [0, 0.05) is 30.1 Å². The SMILES string of the molecule is OCCNCc1ccc2cc(Cc3nccs3)oc2c1. The highest BCUT2D eigenvalue weighted by Gasteiger charge is 2.07. The van der Waals surface area contributed by atoms with E-state index in [9.17, 15) is 0 Å². The molecule has 0 radical (unpaired) electrons. The first kappa shape index (κ1) is 13.3. The van der Waals surface area contributed by atoms with E-state index >= 15 is 0 Å². The average molecular weight is 288 g/mol. The minimum atomic E-state index is 0.154. The average Bonchev–Trinajstić information content (AvgIpc) is 3.08. The van der Waals surface area contributed by atoms with Crippen LogP contribution in [-0.4, -0.2) is 23.2 Å². The Hall–Kier alpha value is -1.69. The fourth-order valence-electron chi connectivity index (χ4n) is 2.13. The van der Waals surface area contributed by atoms with Gasteiger partial charge in [-0.05, 0) is 17.7 Å². The number of nitrogens with zero attached hydrogens (tertiary/aromatic N) is 1. The predicted molar refractivity (Wildman–Crippen MR) is 79.9 cm³/mol. The van der Waals surface area contributed by atoms with Crippen LogP contribution in [0.4, 0.5) is 0 Å². The first-order valence-corrected chi connectivity index (χ1v) is 7.44. The molecule has 1 aromatic carbocycles. The van der Waals surface area contributed by atoms with E-state index in [2.05, 4.69) is 28.5 Å². The van der Waals surface area contributed by atoms with E-state index in [1.54, 1.807) is 11.3 Å². The van der Waals surface area contributed by atoms with Gasteiger partial charge >= 0.3 is 0 Å². The van der Waals surface area contributed by atoms with Crippen LogP contribution in [0.2, 0.25) is 0 Å². The van der Waals surface area contributed by atoms with Gasteiger partial charge in [-0.25, -0.2) is 4.98 Å². The second-order valence-electron chi connectivity index (χ2n) is 4.59. The lowest BCUT2D eigenvalue weighted by molar-refractivity contribution is 0.292. The van der Waals surface area contributed by atoms with E-state index in [-0.39, 0.29) is 6.61 Å². The molecule has 0 aliphatic carbocycles. The highest BCUT2D eigenvalue weighted by molar-refractivity contribution is 7.09. The lowest BCUT2D eigenvalue weighted by Gasteiger charge is -2.02. The normalized spacial score (nSPS) is 11.2. The molecule has 0 spiro atoms. The maximum Gasteiger partial charge on any atom is 0.134 e. The van der Waals surface area contributed by atoms with E-state index in [4.69, 9.17) is 9.52 Å². The Morgan fingerprint density at radius 1 is 1.30 bits per heavy atom. The third-order valence-corrected chi connectivity index (χ3v) is 3.84. The smallest absolute Gasteiger partial charge is 0.134 e. The zero-order valence-electron chi connectivity index (χ0n) is 11.0. The number of thiazole rings is 1. The summed E-state index contributed by atoms with van der Waals surface area (Å²) < 4.78 is 5.88. The van der Waals surface area contributed by atoms with Gasteiger partial charge in [-0.2, -0.15) is 0 Å². The Labute approximate surface area is 121 Å². The monoisotopic (exact) mass is 288 g/mol. The second kappa shape index (κ2) is 6.17. The minimum Gasteiger partial charge on any atom is -0.461 e. The molecule has 104 valence electrons. The van der Waals surface area contributed by atoms with Crippen molar-refractivity contribution in [2.24, 2.45) is 0 Å². The number of benzene rings is 1. The van der Waals surface area contributed by atoms with Crippen molar-refractivity contribution < 1.29 is 9.52 Å². The molecular formula is C15H16N2O2S. The van der Waals surface area contributed by atoms with Crippen molar-refractivity contribution in [3.8, 4) is 0 Å². The van der Waals surface area contributed by atoms with Crippen LogP contribution in [-0.2, 0) is 13.0 Å². The third-order valence-electron chi connectivity index (χ3n) is 3.06. The molecule has 3 rings (SSSR count). The molecule has 2 heterocycles. The Morgan fingerprint density at radius 3 is 3.05 bits per heavy atom. The molecule has 3 aromatic rings. The first-order chi connectivity index (χ1) is 9.85.